The monoisotopic (exact) mass is 353 g/mol. The smallest absolute Gasteiger partial charge is 0.191 e. The fourth-order valence-corrected chi connectivity index (χ4v) is 2.46. The van der Waals surface area contributed by atoms with Gasteiger partial charge in [0, 0.05) is 38.8 Å². The van der Waals surface area contributed by atoms with E-state index in [4.69, 9.17) is 14.2 Å². The third-order valence-electron chi connectivity index (χ3n) is 3.82. The van der Waals surface area contributed by atoms with E-state index in [2.05, 4.69) is 15.6 Å². The van der Waals surface area contributed by atoms with Crippen molar-refractivity contribution in [3.8, 4) is 5.75 Å². The molecule has 1 aromatic rings. The van der Waals surface area contributed by atoms with Crippen molar-refractivity contribution in [2.24, 2.45) is 10.9 Å². The van der Waals surface area contributed by atoms with Crippen LogP contribution in [-0.2, 0) is 9.47 Å². The first-order valence-electron chi connectivity index (χ1n) is 8.76. The van der Waals surface area contributed by atoms with E-state index in [-0.39, 0.29) is 5.82 Å². The quantitative estimate of drug-likeness (QED) is 0.382. The van der Waals surface area contributed by atoms with Crippen LogP contribution in [0, 0.1) is 11.7 Å². The number of hydrogen-bond acceptors (Lipinski definition) is 4. The Morgan fingerprint density at radius 3 is 2.96 bits per heavy atom. The molecule has 0 aromatic heterocycles. The van der Waals surface area contributed by atoms with Crippen LogP contribution in [0.4, 0.5) is 4.39 Å². The van der Waals surface area contributed by atoms with Gasteiger partial charge in [0.1, 0.15) is 18.2 Å². The highest BCUT2D eigenvalue weighted by Crippen LogP contribution is 2.12. The van der Waals surface area contributed by atoms with Crippen LogP contribution in [0.1, 0.15) is 12.8 Å². The number of hydrogen-bond donors (Lipinski definition) is 2. The van der Waals surface area contributed by atoms with Crippen LogP contribution in [-0.4, -0.2) is 59.1 Å². The van der Waals surface area contributed by atoms with Crippen molar-refractivity contribution in [3.63, 3.8) is 0 Å². The maximum Gasteiger partial charge on any atom is 0.191 e. The second kappa shape index (κ2) is 11.7. The molecule has 0 bridgehead atoms. The minimum atomic E-state index is -0.300. The van der Waals surface area contributed by atoms with Gasteiger partial charge < -0.3 is 24.8 Å². The summed E-state index contributed by atoms with van der Waals surface area (Å²) in [5.74, 6) is 1.49. The molecule has 25 heavy (non-hydrogen) atoms. The molecular weight excluding hydrogens is 325 g/mol. The summed E-state index contributed by atoms with van der Waals surface area (Å²) in [5.41, 5.74) is 0. The van der Waals surface area contributed by atoms with Crippen molar-refractivity contribution in [2.75, 3.05) is 53.2 Å². The number of halogens is 1. The van der Waals surface area contributed by atoms with E-state index in [0.717, 1.165) is 45.8 Å². The summed E-state index contributed by atoms with van der Waals surface area (Å²) in [6, 6.07) is 6.11. The first kappa shape index (κ1) is 19.5. The van der Waals surface area contributed by atoms with Crippen LogP contribution in [0.3, 0.4) is 0 Å². The van der Waals surface area contributed by atoms with Gasteiger partial charge in [-0.05, 0) is 25.0 Å². The molecule has 1 fully saturated rings. The molecule has 1 aliphatic heterocycles. The summed E-state index contributed by atoms with van der Waals surface area (Å²) in [6.07, 6.45) is 2.01. The van der Waals surface area contributed by atoms with Gasteiger partial charge in [0.2, 0.25) is 0 Å². The molecule has 140 valence electrons. The summed E-state index contributed by atoms with van der Waals surface area (Å²) < 4.78 is 29.5. The molecule has 7 heteroatoms. The molecule has 2 N–H and O–H groups in total. The number of nitrogens with one attached hydrogen (secondary N) is 2. The van der Waals surface area contributed by atoms with Crippen LogP contribution in [0.2, 0.25) is 0 Å². The summed E-state index contributed by atoms with van der Waals surface area (Å²) >= 11 is 0. The molecule has 1 saturated heterocycles. The molecular formula is C18H28FN3O3. The average Bonchev–Trinajstić information content (AvgIpc) is 3.13. The Kier molecular flexibility index (Phi) is 9.07. The number of aliphatic imine (C=N–C) groups is 1. The van der Waals surface area contributed by atoms with Crippen LogP contribution >= 0.6 is 0 Å². The van der Waals surface area contributed by atoms with E-state index in [1.165, 1.54) is 12.1 Å². The second-order valence-electron chi connectivity index (χ2n) is 5.89. The topological polar surface area (TPSA) is 64.1 Å². The lowest BCUT2D eigenvalue weighted by Crippen LogP contribution is -2.39. The lowest BCUT2D eigenvalue weighted by molar-refractivity contribution is 0.0888. The number of nitrogens with zero attached hydrogens (tertiary/aromatic N) is 1. The highest BCUT2D eigenvalue weighted by Gasteiger charge is 2.15. The molecule has 0 radical (unpaired) electrons. The van der Waals surface area contributed by atoms with Crippen LogP contribution in [0.25, 0.3) is 0 Å². The van der Waals surface area contributed by atoms with Crippen molar-refractivity contribution in [1.29, 1.82) is 0 Å². The number of guanidine groups is 1. The highest BCUT2D eigenvalue weighted by molar-refractivity contribution is 5.79. The van der Waals surface area contributed by atoms with Gasteiger partial charge in [-0.3, -0.25) is 4.99 Å². The summed E-state index contributed by atoms with van der Waals surface area (Å²) in [4.78, 5) is 4.15. The van der Waals surface area contributed by atoms with Gasteiger partial charge in [-0.2, -0.15) is 0 Å². The fraction of sp³-hybridized carbons (Fsp3) is 0.611. The SMILES string of the molecule is CN=C(NCCCOCC1CCOC1)NCCOc1cccc(F)c1. The third-order valence-corrected chi connectivity index (χ3v) is 3.82. The van der Waals surface area contributed by atoms with Gasteiger partial charge in [0.05, 0.1) is 19.8 Å². The van der Waals surface area contributed by atoms with E-state index in [0.29, 0.717) is 30.8 Å². The Labute approximate surface area is 148 Å². The molecule has 1 aliphatic rings. The zero-order valence-corrected chi connectivity index (χ0v) is 14.8. The van der Waals surface area contributed by atoms with Crippen LogP contribution < -0.4 is 15.4 Å². The predicted molar refractivity (Wildman–Crippen MR) is 95.6 cm³/mol. The van der Waals surface area contributed by atoms with E-state index in [9.17, 15) is 4.39 Å². The van der Waals surface area contributed by atoms with E-state index in [1.807, 2.05) is 0 Å². The Morgan fingerprint density at radius 2 is 2.20 bits per heavy atom. The van der Waals surface area contributed by atoms with Gasteiger partial charge >= 0.3 is 0 Å². The minimum absolute atomic E-state index is 0.300. The number of rotatable bonds is 10. The summed E-state index contributed by atoms with van der Waals surface area (Å²) in [5, 5.41) is 6.38. The average molecular weight is 353 g/mol. The number of ether oxygens (including phenoxy) is 3. The van der Waals surface area contributed by atoms with E-state index >= 15 is 0 Å². The van der Waals surface area contributed by atoms with Gasteiger partial charge in [-0.1, -0.05) is 6.07 Å². The van der Waals surface area contributed by atoms with Gasteiger partial charge in [0.15, 0.2) is 5.96 Å². The first-order valence-corrected chi connectivity index (χ1v) is 8.76. The van der Waals surface area contributed by atoms with Crippen molar-refractivity contribution in [3.05, 3.63) is 30.1 Å². The molecule has 1 unspecified atom stereocenters. The molecule has 6 nitrogen and oxygen atoms in total. The molecule has 0 amide bonds. The Morgan fingerprint density at radius 1 is 1.32 bits per heavy atom. The molecule has 2 rings (SSSR count). The maximum absolute atomic E-state index is 13.0. The van der Waals surface area contributed by atoms with Gasteiger partial charge in [-0.15, -0.1) is 0 Å². The normalized spacial score (nSPS) is 17.5. The standard InChI is InChI=1S/C18H28FN3O3/c1-20-18(21-7-3-9-23-13-15-6-10-24-14-15)22-8-11-25-17-5-2-4-16(19)12-17/h2,4-5,12,15H,3,6-11,13-14H2,1H3,(H2,20,21,22). The van der Waals surface area contributed by atoms with Crippen molar-refractivity contribution < 1.29 is 18.6 Å². The molecule has 1 aromatic carbocycles. The Balaban J connectivity index is 1.47. The molecule has 0 spiro atoms. The van der Waals surface area contributed by atoms with Crippen LogP contribution in [0.5, 0.6) is 5.75 Å². The zero-order valence-electron chi connectivity index (χ0n) is 14.8. The Bertz CT molecular complexity index is 522. The molecule has 1 heterocycles. The summed E-state index contributed by atoms with van der Waals surface area (Å²) in [7, 11) is 1.72. The zero-order chi connectivity index (χ0) is 17.7. The van der Waals surface area contributed by atoms with Crippen molar-refractivity contribution in [1.82, 2.24) is 10.6 Å². The minimum Gasteiger partial charge on any atom is -0.492 e. The van der Waals surface area contributed by atoms with Crippen LogP contribution in [0.15, 0.2) is 29.3 Å². The van der Waals surface area contributed by atoms with E-state index < -0.39 is 0 Å². The lowest BCUT2D eigenvalue weighted by Gasteiger charge is -2.13. The predicted octanol–water partition coefficient (Wildman–Crippen LogP) is 1.81. The molecule has 0 saturated carbocycles. The largest absolute Gasteiger partial charge is 0.492 e. The second-order valence-corrected chi connectivity index (χ2v) is 5.89. The number of benzene rings is 1. The first-order chi connectivity index (χ1) is 12.3. The highest BCUT2D eigenvalue weighted by atomic mass is 19.1. The molecule has 0 aliphatic carbocycles. The fourth-order valence-electron chi connectivity index (χ4n) is 2.46. The maximum atomic E-state index is 13.0. The van der Waals surface area contributed by atoms with Gasteiger partial charge in [-0.25, -0.2) is 4.39 Å². The van der Waals surface area contributed by atoms with Crippen molar-refractivity contribution in [2.45, 2.75) is 12.8 Å². The third kappa shape index (κ3) is 8.18. The van der Waals surface area contributed by atoms with E-state index in [1.54, 1.807) is 19.2 Å². The van der Waals surface area contributed by atoms with Crippen molar-refractivity contribution >= 4 is 5.96 Å². The summed E-state index contributed by atoms with van der Waals surface area (Å²) in [6.45, 7) is 4.98. The molecule has 1 atom stereocenters. The van der Waals surface area contributed by atoms with Gasteiger partial charge in [0.25, 0.3) is 0 Å². The lowest BCUT2D eigenvalue weighted by atomic mass is 10.1. The Hall–Kier alpha value is -1.86.